The molecule has 1 atom stereocenters. The Labute approximate surface area is 163 Å². The molecule has 2 aromatic heterocycles. The number of anilines is 3. The van der Waals surface area contributed by atoms with Gasteiger partial charge in [-0.2, -0.15) is 0 Å². The van der Waals surface area contributed by atoms with E-state index in [0.29, 0.717) is 49.9 Å². The van der Waals surface area contributed by atoms with Crippen LogP contribution in [0.25, 0.3) is 0 Å². The molecule has 1 fully saturated rings. The van der Waals surface area contributed by atoms with Crippen molar-refractivity contribution in [2.75, 3.05) is 30.3 Å². The van der Waals surface area contributed by atoms with Crippen molar-refractivity contribution in [1.29, 1.82) is 0 Å². The van der Waals surface area contributed by atoms with Crippen molar-refractivity contribution in [2.24, 2.45) is 5.92 Å². The van der Waals surface area contributed by atoms with Crippen LogP contribution >= 0.6 is 0 Å². The van der Waals surface area contributed by atoms with Gasteiger partial charge in [0.15, 0.2) is 0 Å². The lowest BCUT2D eigenvalue weighted by Gasteiger charge is -2.21. The van der Waals surface area contributed by atoms with Crippen molar-refractivity contribution in [3.8, 4) is 0 Å². The average Bonchev–Trinajstić information content (AvgIpc) is 2.65. The van der Waals surface area contributed by atoms with Gasteiger partial charge in [-0.05, 0) is 38.0 Å². The van der Waals surface area contributed by atoms with Gasteiger partial charge in [0.25, 0.3) is 0 Å². The van der Waals surface area contributed by atoms with E-state index in [1.165, 1.54) is 0 Å². The summed E-state index contributed by atoms with van der Waals surface area (Å²) in [5.41, 5.74) is 1.11. The quantitative estimate of drug-likeness (QED) is 0.532. The molecule has 1 saturated heterocycles. The molecule has 0 saturated carbocycles. The molecule has 148 valence electrons. The van der Waals surface area contributed by atoms with E-state index >= 15 is 0 Å². The number of carbonyl (C=O) groups is 2. The Bertz CT molecular complexity index is 846. The molecule has 9 heteroatoms. The first-order valence-corrected chi connectivity index (χ1v) is 9.33. The largest absolute Gasteiger partial charge is 0.368 e. The number of hydrogen-bond acceptors (Lipinski definition) is 7. The third-order valence-electron chi connectivity index (χ3n) is 4.38. The highest BCUT2D eigenvalue weighted by atomic mass is 16.2. The predicted octanol–water partition coefficient (Wildman–Crippen LogP) is 1.29. The zero-order valence-electron chi connectivity index (χ0n) is 16.1. The first-order chi connectivity index (χ1) is 13.5. The summed E-state index contributed by atoms with van der Waals surface area (Å²) >= 11 is 0. The van der Waals surface area contributed by atoms with Crippen LogP contribution in [0.3, 0.4) is 0 Å². The second-order valence-electron chi connectivity index (χ2n) is 6.79. The fourth-order valence-corrected chi connectivity index (χ4v) is 2.94. The lowest BCUT2D eigenvalue weighted by atomic mass is 9.98. The highest BCUT2D eigenvalue weighted by Gasteiger charge is 2.23. The second kappa shape index (κ2) is 9.12. The van der Waals surface area contributed by atoms with E-state index in [4.69, 9.17) is 0 Å². The SMILES string of the molecule is Cc1ccnc(Nc2cc(NCCNC(=O)C3CCC(=O)NC3)nc(C)n2)c1. The Balaban J connectivity index is 1.48. The zero-order valence-corrected chi connectivity index (χ0v) is 16.1. The molecular formula is C19H25N7O2. The molecule has 0 bridgehead atoms. The molecule has 0 aromatic carbocycles. The van der Waals surface area contributed by atoms with Crippen LogP contribution in [0.1, 0.15) is 24.2 Å². The summed E-state index contributed by atoms with van der Waals surface area (Å²) < 4.78 is 0. The Hall–Kier alpha value is -3.23. The summed E-state index contributed by atoms with van der Waals surface area (Å²) in [6.45, 7) is 5.23. The topological polar surface area (TPSA) is 121 Å². The molecule has 1 aliphatic rings. The van der Waals surface area contributed by atoms with Crippen LogP contribution < -0.4 is 21.3 Å². The number of aryl methyl sites for hydroxylation is 2. The van der Waals surface area contributed by atoms with Crippen molar-refractivity contribution in [2.45, 2.75) is 26.7 Å². The first-order valence-electron chi connectivity index (χ1n) is 9.33. The van der Waals surface area contributed by atoms with E-state index in [1.807, 2.05) is 26.0 Å². The van der Waals surface area contributed by atoms with Gasteiger partial charge in [-0.25, -0.2) is 15.0 Å². The number of piperidine rings is 1. The molecule has 0 aliphatic carbocycles. The van der Waals surface area contributed by atoms with Gasteiger partial charge in [-0.15, -0.1) is 0 Å². The summed E-state index contributed by atoms with van der Waals surface area (Å²) in [5.74, 6) is 2.48. The van der Waals surface area contributed by atoms with Gasteiger partial charge in [0.1, 0.15) is 23.3 Å². The van der Waals surface area contributed by atoms with E-state index in [9.17, 15) is 9.59 Å². The molecule has 1 unspecified atom stereocenters. The molecule has 1 aliphatic heterocycles. The van der Waals surface area contributed by atoms with Crippen LogP contribution in [-0.2, 0) is 9.59 Å². The normalized spacial score (nSPS) is 16.2. The van der Waals surface area contributed by atoms with Gasteiger partial charge < -0.3 is 21.3 Å². The van der Waals surface area contributed by atoms with E-state index in [1.54, 1.807) is 12.3 Å². The zero-order chi connectivity index (χ0) is 19.9. The second-order valence-corrected chi connectivity index (χ2v) is 6.79. The van der Waals surface area contributed by atoms with Gasteiger partial charge in [0.05, 0.1) is 5.92 Å². The number of amides is 2. The number of nitrogens with zero attached hydrogens (tertiary/aromatic N) is 3. The van der Waals surface area contributed by atoms with E-state index in [-0.39, 0.29) is 17.7 Å². The molecule has 3 rings (SSSR count). The average molecular weight is 383 g/mol. The Morgan fingerprint density at radius 3 is 2.75 bits per heavy atom. The van der Waals surface area contributed by atoms with Crippen molar-refractivity contribution in [1.82, 2.24) is 25.6 Å². The third kappa shape index (κ3) is 5.63. The maximum atomic E-state index is 12.1. The highest BCUT2D eigenvalue weighted by molar-refractivity contribution is 5.83. The number of nitrogens with one attached hydrogen (secondary N) is 4. The van der Waals surface area contributed by atoms with Crippen molar-refractivity contribution in [3.05, 3.63) is 35.8 Å². The standard InChI is InChI=1S/C19H25N7O2/c1-12-5-6-20-15(9-12)26-17-10-16(24-13(2)25-17)21-7-8-22-19(28)14-3-4-18(27)23-11-14/h5-6,9-10,14H,3-4,7-8,11H2,1-2H3,(H,22,28)(H,23,27)(H2,20,21,24,25,26). The van der Waals surface area contributed by atoms with Gasteiger partial charge in [0, 0.05) is 38.3 Å². The minimum Gasteiger partial charge on any atom is -0.368 e. The monoisotopic (exact) mass is 383 g/mol. The molecule has 4 N–H and O–H groups in total. The van der Waals surface area contributed by atoms with Gasteiger partial charge in [-0.3, -0.25) is 9.59 Å². The summed E-state index contributed by atoms with van der Waals surface area (Å²) in [6.07, 6.45) is 2.74. The van der Waals surface area contributed by atoms with Crippen LogP contribution in [0.2, 0.25) is 0 Å². The molecular weight excluding hydrogens is 358 g/mol. The smallest absolute Gasteiger partial charge is 0.224 e. The Morgan fingerprint density at radius 2 is 2.00 bits per heavy atom. The fraction of sp³-hybridized carbons (Fsp3) is 0.421. The molecule has 2 aromatic rings. The van der Waals surface area contributed by atoms with Crippen molar-refractivity contribution < 1.29 is 9.59 Å². The predicted molar refractivity (Wildman–Crippen MR) is 106 cm³/mol. The maximum absolute atomic E-state index is 12.1. The number of carbonyl (C=O) groups excluding carboxylic acids is 2. The lowest BCUT2D eigenvalue weighted by molar-refractivity contribution is -0.128. The van der Waals surface area contributed by atoms with Crippen molar-refractivity contribution >= 4 is 29.3 Å². The van der Waals surface area contributed by atoms with Crippen LogP contribution in [0.15, 0.2) is 24.4 Å². The fourth-order valence-electron chi connectivity index (χ4n) is 2.94. The molecule has 2 amide bonds. The van der Waals surface area contributed by atoms with Crippen LogP contribution in [0, 0.1) is 19.8 Å². The Kier molecular flexibility index (Phi) is 6.36. The molecule has 9 nitrogen and oxygen atoms in total. The van der Waals surface area contributed by atoms with Gasteiger partial charge in [0.2, 0.25) is 11.8 Å². The molecule has 0 radical (unpaired) electrons. The minimum atomic E-state index is -0.156. The van der Waals surface area contributed by atoms with E-state index in [2.05, 4.69) is 36.2 Å². The molecule has 28 heavy (non-hydrogen) atoms. The summed E-state index contributed by atoms with van der Waals surface area (Å²) in [5, 5.41) is 12.0. The van der Waals surface area contributed by atoms with E-state index in [0.717, 1.165) is 11.4 Å². The third-order valence-corrected chi connectivity index (χ3v) is 4.38. The summed E-state index contributed by atoms with van der Waals surface area (Å²) in [4.78, 5) is 36.3. The minimum absolute atomic E-state index is 0.00937. The summed E-state index contributed by atoms with van der Waals surface area (Å²) in [7, 11) is 0. The van der Waals surface area contributed by atoms with Crippen molar-refractivity contribution in [3.63, 3.8) is 0 Å². The number of aromatic nitrogens is 3. The Morgan fingerprint density at radius 1 is 1.18 bits per heavy atom. The molecule has 3 heterocycles. The van der Waals surface area contributed by atoms with Gasteiger partial charge >= 0.3 is 0 Å². The van der Waals surface area contributed by atoms with Gasteiger partial charge in [-0.1, -0.05) is 0 Å². The highest BCUT2D eigenvalue weighted by Crippen LogP contribution is 2.16. The number of hydrogen-bond donors (Lipinski definition) is 4. The lowest BCUT2D eigenvalue weighted by Crippen LogP contribution is -2.43. The number of pyridine rings is 1. The molecule has 0 spiro atoms. The van der Waals surface area contributed by atoms with Crippen LogP contribution in [-0.4, -0.2) is 46.4 Å². The van der Waals surface area contributed by atoms with E-state index < -0.39 is 0 Å². The number of rotatable bonds is 7. The van der Waals surface area contributed by atoms with Crippen LogP contribution in [0.4, 0.5) is 17.5 Å². The van der Waals surface area contributed by atoms with Crippen LogP contribution in [0.5, 0.6) is 0 Å². The maximum Gasteiger partial charge on any atom is 0.224 e. The first kappa shape index (κ1) is 19.5. The summed E-state index contributed by atoms with van der Waals surface area (Å²) in [6, 6.07) is 5.67.